The van der Waals surface area contributed by atoms with Crippen molar-refractivity contribution in [1.29, 1.82) is 0 Å². The van der Waals surface area contributed by atoms with Gasteiger partial charge in [-0.25, -0.2) is 0 Å². The monoisotopic (exact) mass is 651 g/mol. The van der Waals surface area contributed by atoms with Crippen LogP contribution >= 0.6 is 0 Å². The number of nitrogens with zero attached hydrogens (tertiary/aromatic N) is 1. The minimum absolute atomic E-state index is 0.858. The van der Waals surface area contributed by atoms with Crippen molar-refractivity contribution < 1.29 is 8.83 Å². The molecule has 0 aliphatic carbocycles. The van der Waals surface area contributed by atoms with Crippen molar-refractivity contribution in [2.45, 2.75) is 0 Å². The Morgan fingerprint density at radius 2 is 0.725 bits per heavy atom. The fourth-order valence-electron chi connectivity index (χ4n) is 7.97. The molecule has 9 aromatic carbocycles. The van der Waals surface area contributed by atoms with E-state index in [1.165, 1.54) is 43.4 Å². The molecule has 0 amide bonds. The molecule has 51 heavy (non-hydrogen) atoms. The molecule has 11 rings (SSSR count). The summed E-state index contributed by atoms with van der Waals surface area (Å²) in [5, 5.41) is 12.1. The zero-order valence-electron chi connectivity index (χ0n) is 27.5. The van der Waals surface area contributed by atoms with Gasteiger partial charge in [0.25, 0.3) is 0 Å². The average molecular weight is 652 g/mol. The molecule has 0 saturated heterocycles. The van der Waals surface area contributed by atoms with Crippen molar-refractivity contribution in [3.8, 4) is 11.1 Å². The summed E-state index contributed by atoms with van der Waals surface area (Å²) < 4.78 is 12.7. The lowest BCUT2D eigenvalue weighted by molar-refractivity contribution is 0.669. The number of benzene rings is 9. The first-order valence-electron chi connectivity index (χ1n) is 17.3. The van der Waals surface area contributed by atoms with Gasteiger partial charge in [-0.2, -0.15) is 0 Å². The van der Waals surface area contributed by atoms with Crippen molar-refractivity contribution in [2.24, 2.45) is 0 Å². The summed E-state index contributed by atoms with van der Waals surface area (Å²) in [6.07, 6.45) is 0. The predicted molar refractivity (Wildman–Crippen MR) is 214 cm³/mol. The summed E-state index contributed by atoms with van der Waals surface area (Å²) in [5.41, 5.74) is 8.91. The third kappa shape index (κ3) is 4.38. The van der Waals surface area contributed by atoms with E-state index in [0.717, 1.165) is 60.9 Å². The van der Waals surface area contributed by atoms with E-state index in [1.54, 1.807) is 0 Å². The fourth-order valence-corrected chi connectivity index (χ4v) is 7.97. The van der Waals surface area contributed by atoms with Crippen LogP contribution in [0.4, 0.5) is 17.1 Å². The molecule has 11 aromatic rings. The molecular weight excluding hydrogens is 623 g/mol. The number of furan rings is 2. The maximum absolute atomic E-state index is 6.34. The first kappa shape index (κ1) is 28.0. The number of hydrogen-bond donors (Lipinski definition) is 0. The van der Waals surface area contributed by atoms with Gasteiger partial charge in [-0.05, 0) is 98.0 Å². The molecule has 0 aliphatic rings. The molecule has 0 aliphatic heterocycles. The summed E-state index contributed by atoms with van der Waals surface area (Å²) in [6, 6.07) is 62.7. The minimum Gasteiger partial charge on any atom is -0.456 e. The van der Waals surface area contributed by atoms with E-state index >= 15 is 0 Å². The molecule has 2 heterocycles. The Hall–Kier alpha value is -6.84. The lowest BCUT2D eigenvalue weighted by Gasteiger charge is -2.25. The molecule has 238 valence electrons. The number of rotatable bonds is 4. The highest BCUT2D eigenvalue weighted by Crippen LogP contribution is 2.42. The molecular formula is C48H29NO2. The Balaban J connectivity index is 1.03. The minimum atomic E-state index is 0.858. The number of para-hydroxylation sites is 2. The van der Waals surface area contributed by atoms with Crippen LogP contribution < -0.4 is 4.90 Å². The summed E-state index contributed by atoms with van der Waals surface area (Å²) in [4.78, 5) is 2.28. The van der Waals surface area contributed by atoms with E-state index in [9.17, 15) is 0 Å². The van der Waals surface area contributed by atoms with Gasteiger partial charge in [0.15, 0.2) is 0 Å². The first-order chi connectivity index (χ1) is 25.2. The van der Waals surface area contributed by atoms with E-state index in [-0.39, 0.29) is 0 Å². The Bertz CT molecular complexity index is 3030. The van der Waals surface area contributed by atoms with E-state index in [2.05, 4.69) is 157 Å². The molecule has 2 aromatic heterocycles. The number of hydrogen-bond acceptors (Lipinski definition) is 3. The fraction of sp³-hybridized carbons (Fsp3) is 0. The number of anilines is 3. The highest BCUT2D eigenvalue weighted by Gasteiger charge is 2.18. The van der Waals surface area contributed by atoms with E-state index in [0.29, 0.717) is 0 Å². The quantitative estimate of drug-likeness (QED) is 0.177. The third-order valence-electron chi connectivity index (χ3n) is 10.4. The number of fused-ring (bicyclic) bond motifs is 11. The van der Waals surface area contributed by atoms with Crippen LogP contribution in [0.1, 0.15) is 0 Å². The third-order valence-corrected chi connectivity index (χ3v) is 10.4. The Kier molecular flexibility index (Phi) is 5.96. The lowest BCUT2D eigenvalue weighted by atomic mass is 9.95. The van der Waals surface area contributed by atoms with Crippen LogP contribution in [0.15, 0.2) is 185 Å². The van der Waals surface area contributed by atoms with Crippen LogP contribution in [0.3, 0.4) is 0 Å². The van der Waals surface area contributed by atoms with Gasteiger partial charge in [0.05, 0.1) is 0 Å². The summed E-state index contributed by atoms with van der Waals surface area (Å²) in [6.45, 7) is 0. The van der Waals surface area contributed by atoms with Gasteiger partial charge in [-0.3, -0.25) is 0 Å². The van der Waals surface area contributed by atoms with Crippen molar-refractivity contribution in [3.05, 3.63) is 176 Å². The zero-order valence-corrected chi connectivity index (χ0v) is 27.5. The molecule has 0 bridgehead atoms. The van der Waals surface area contributed by atoms with Crippen LogP contribution in [0.2, 0.25) is 0 Å². The van der Waals surface area contributed by atoms with Crippen LogP contribution in [-0.2, 0) is 0 Å². The van der Waals surface area contributed by atoms with Gasteiger partial charge < -0.3 is 13.7 Å². The molecule has 0 unspecified atom stereocenters. The van der Waals surface area contributed by atoms with Crippen LogP contribution in [0.5, 0.6) is 0 Å². The van der Waals surface area contributed by atoms with Gasteiger partial charge in [-0.15, -0.1) is 0 Å². The van der Waals surface area contributed by atoms with Crippen molar-refractivity contribution in [2.75, 3.05) is 4.90 Å². The van der Waals surface area contributed by atoms with E-state index in [1.807, 2.05) is 24.3 Å². The summed E-state index contributed by atoms with van der Waals surface area (Å²) >= 11 is 0. The lowest BCUT2D eigenvalue weighted by Crippen LogP contribution is -2.09. The van der Waals surface area contributed by atoms with Crippen molar-refractivity contribution in [3.63, 3.8) is 0 Å². The molecule has 0 saturated carbocycles. The van der Waals surface area contributed by atoms with Crippen LogP contribution in [-0.4, -0.2) is 0 Å². The molecule has 3 nitrogen and oxygen atoms in total. The molecule has 0 atom stereocenters. The second-order valence-electron chi connectivity index (χ2n) is 13.3. The normalized spacial score (nSPS) is 11.9. The van der Waals surface area contributed by atoms with Gasteiger partial charge in [0.2, 0.25) is 0 Å². The molecule has 0 spiro atoms. The standard InChI is InChI=1S/C48H29NO2/c1-2-8-37-31(7-1)15-23-40-38-22-16-32(27-33(38)17-24-39(37)40)30-13-18-34(19-14-30)49(35-20-25-43-41-9-3-5-11-45(41)50-47(43)28-35)36-21-26-44-42-10-4-6-12-46(42)51-48(44)29-36/h1-29H. The van der Waals surface area contributed by atoms with Crippen LogP contribution in [0, 0.1) is 0 Å². The maximum atomic E-state index is 6.34. The smallest absolute Gasteiger partial charge is 0.137 e. The van der Waals surface area contributed by atoms with Gasteiger partial charge >= 0.3 is 0 Å². The SMILES string of the molecule is c1ccc2c(c1)ccc1c3ccc(-c4ccc(N(c5ccc6c(c5)oc5ccccc56)c5ccc6c(c5)oc5ccccc56)cc4)cc3ccc21. The second kappa shape index (κ2) is 10.8. The van der Waals surface area contributed by atoms with Gasteiger partial charge in [0, 0.05) is 50.7 Å². The molecule has 0 N–H and O–H groups in total. The van der Waals surface area contributed by atoms with Crippen LogP contribution in [0.25, 0.3) is 87.3 Å². The summed E-state index contributed by atoms with van der Waals surface area (Å²) in [7, 11) is 0. The Morgan fingerprint density at radius 1 is 0.275 bits per heavy atom. The average Bonchev–Trinajstić information content (AvgIpc) is 3.75. The molecule has 0 fully saturated rings. The Morgan fingerprint density at radius 3 is 1.37 bits per heavy atom. The highest BCUT2D eigenvalue weighted by atomic mass is 16.3. The second-order valence-corrected chi connectivity index (χ2v) is 13.3. The molecule has 3 heteroatoms. The van der Waals surface area contributed by atoms with Gasteiger partial charge in [0.1, 0.15) is 22.3 Å². The topological polar surface area (TPSA) is 29.5 Å². The Labute approximate surface area is 293 Å². The van der Waals surface area contributed by atoms with Crippen molar-refractivity contribution >= 4 is 93.3 Å². The van der Waals surface area contributed by atoms with Gasteiger partial charge in [-0.1, -0.05) is 109 Å². The predicted octanol–water partition coefficient (Wildman–Crippen LogP) is 14.1. The van der Waals surface area contributed by atoms with E-state index in [4.69, 9.17) is 8.83 Å². The van der Waals surface area contributed by atoms with E-state index < -0.39 is 0 Å². The maximum Gasteiger partial charge on any atom is 0.137 e. The first-order valence-corrected chi connectivity index (χ1v) is 17.3. The van der Waals surface area contributed by atoms with Crippen molar-refractivity contribution in [1.82, 2.24) is 0 Å². The largest absolute Gasteiger partial charge is 0.456 e. The highest BCUT2D eigenvalue weighted by molar-refractivity contribution is 6.17. The summed E-state index contributed by atoms with van der Waals surface area (Å²) in [5.74, 6) is 0. The molecule has 0 radical (unpaired) electrons. The zero-order chi connectivity index (χ0) is 33.5.